The van der Waals surface area contributed by atoms with Crippen LogP contribution in [0.15, 0.2) is 95.2 Å². The maximum atomic E-state index is 5.86. The van der Waals surface area contributed by atoms with Crippen LogP contribution in [-0.4, -0.2) is 6.04 Å². The van der Waals surface area contributed by atoms with E-state index in [1.54, 1.807) is 5.57 Å². The second kappa shape index (κ2) is 12.2. The molecule has 0 saturated carbocycles. The quantitative estimate of drug-likeness (QED) is 0.274. The number of hydrogen-bond donors (Lipinski definition) is 1. The highest BCUT2D eigenvalue weighted by Crippen LogP contribution is 2.40. The number of nitrogens with two attached hydrogens (primary N) is 1. The van der Waals surface area contributed by atoms with Crippen LogP contribution in [0.5, 0.6) is 0 Å². The fourth-order valence-electron chi connectivity index (χ4n) is 5.05. The summed E-state index contributed by atoms with van der Waals surface area (Å²) < 4.78 is 0. The predicted molar refractivity (Wildman–Crippen MR) is 141 cm³/mol. The molecule has 0 aromatic carbocycles. The van der Waals surface area contributed by atoms with Crippen LogP contribution in [0.2, 0.25) is 0 Å². The van der Waals surface area contributed by atoms with Crippen LogP contribution in [0.3, 0.4) is 0 Å². The van der Waals surface area contributed by atoms with Crippen molar-refractivity contribution in [2.45, 2.75) is 78.2 Å². The molecule has 0 saturated heterocycles. The van der Waals surface area contributed by atoms with Gasteiger partial charge in [-0.05, 0) is 80.6 Å². The first-order valence-electron chi connectivity index (χ1n) is 12.7. The van der Waals surface area contributed by atoms with Gasteiger partial charge in [-0.1, -0.05) is 92.7 Å². The van der Waals surface area contributed by atoms with E-state index >= 15 is 0 Å². The summed E-state index contributed by atoms with van der Waals surface area (Å²) in [4.78, 5) is 0. The SMILES string of the molecule is C=C(C1=CC(C2C=CC=C3CCC=C[C@@H]32)=CCC1)/C(C)=C/C=C\C[C@@H](C)CCCC(C)N. The molecule has 4 atom stereocenters. The van der Waals surface area contributed by atoms with Crippen molar-refractivity contribution in [2.75, 3.05) is 0 Å². The summed E-state index contributed by atoms with van der Waals surface area (Å²) in [5.74, 6) is 1.73. The van der Waals surface area contributed by atoms with Gasteiger partial charge in [0.05, 0.1) is 0 Å². The number of rotatable bonds is 10. The highest BCUT2D eigenvalue weighted by Gasteiger charge is 2.27. The first-order chi connectivity index (χ1) is 15.5. The van der Waals surface area contributed by atoms with Crippen LogP contribution in [0.25, 0.3) is 0 Å². The summed E-state index contributed by atoms with van der Waals surface area (Å²) in [7, 11) is 0. The molecule has 172 valence electrons. The summed E-state index contributed by atoms with van der Waals surface area (Å²) >= 11 is 0. The monoisotopic (exact) mass is 429 g/mol. The standard InChI is InChI=1S/C31H43N/c1-23(13-9-15-25(3)32)12-5-6-14-24(2)26(4)28-18-10-19-29(22-28)31-21-11-17-27-16-7-8-20-30(27)31/h5-6,8,11,14,17,19-23,25,30-31H,4,7,9-10,12-13,15-16,18,32H2,1-3H3/b6-5-,24-14+/t23-,25?,30+,31?/m1/s1. The minimum atomic E-state index is 0.325. The second-order valence-corrected chi connectivity index (χ2v) is 10.1. The van der Waals surface area contributed by atoms with Crippen molar-refractivity contribution in [3.05, 3.63) is 95.2 Å². The third-order valence-corrected chi connectivity index (χ3v) is 7.15. The van der Waals surface area contributed by atoms with E-state index in [4.69, 9.17) is 5.73 Å². The van der Waals surface area contributed by atoms with E-state index in [1.165, 1.54) is 48.0 Å². The van der Waals surface area contributed by atoms with Crippen LogP contribution in [-0.2, 0) is 0 Å². The van der Waals surface area contributed by atoms with Crippen LogP contribution >= 0.6 is 0 Å². The molecule has 1 heteroatoms. The molecule has 3 rings (SSSR count). The Bertz CT molecular complexity index is 868. The number of allylic oxidation sites excluding steroid dienone is 15. The summed E-state index contributed by atoms with van der Waals surface area (Å²) in [5.41, 5.74) is 12.8. The maximum Gasteiger partial charge on any atom is 0.0118 e. The first-order valence-corrected chi connectivity index (χ1v) is 12.7. The molecule has 0 heterocycles. The van der Waals surface area contributed by atoms with Gasteiger partial charge in [-0.15, -0.1) is 0 Å². The summed E-state index contributed by atoms with van der Waals surface area (Å²) in [6.07, 6.45) is 32.7. The van der Waals surface area contributed by atoms with Crippen molar-refractivity contribution >= 4 is 0 Å². The van der Waals surface area contributed by atoms with E-state index in [1.807, 2.05) is 0 Å². The Morgan fingerprint density at radius 1 is 1.16 bits per heavy atom. The molecule has 2 unspecified atom stereocenters. The Morgan fingerprint density at radius 3 is 2.81 bits per heavy atom. The predicted octanol–water partition coefficient (Wildman–Crippen LogP) is 8.31. The van der Waals surface area contributed by atoms with Gasteiger partial charge >= 0.3 is 0 Å². The third-order valence-electron chi connectivity index (χ3n) is 7.15. The molecule has 2 N–H and O–H groups in total. The van der Waals surface area contributed by atoms with E-state index in [0.29, 0.717) is 23.8 Å². The molecule has 0 radical (unpaired) electrons. The normalized spacial score (nSPS) is 25.1. The molecule has 3 aliphatic carbocycles. The van der Waals surface area contributed by atoms with E-state index in [9.17, 15) is 0 Å². The molecule has 0 bridgehead atoms. The van der Waals surface area contributed by atoms with Gasteiger partial charge in [0.2, 0.25) is 0 Å². The van der Waals surface area contributed by atoms with Gasteiger partial charge in [-0.25, -0.2) is 0 Å². The van der Waals surface area contributed by atoms with Gasteiger partial charge in [0.15, 0.2) is 0 Å². The smallest absolute Gasteiger partial charge is 0.0118 e. The van der Waals surface area contributed by atoms with Gasteiger partial charge in [0.25, 0.3) is 0 Å². The zero-order chi connectivity index (χ0) is 22.9. The van der Waals surface area contributed by atoms with Crippen molar-refractivity contribution in [2.24, 2.45) is 23.5 Å². The van der Waals surface area contributed by atoms with Crippen molar-refractivity contribution in [1.29, 1.82) is 0 Å². The number of hydrogen-bond acceptors (Lipinski definition) is 1. The maximum absolute atomic E-state index is 5.86. The second-order valence-electron chi connectivity index (χ2n) is 10.1. The Morgan fingerprint density at radius 2 is 2.00 bits per heavy atom. The molecule has 1 nitrogen and oxygen atoms in total. The third kappa shape index (κ3) is 6.94. The molecule has 0 spiro atoms. The number of fused-ring (bicyclic) bond motifs is 1. The average molecular weight is 430 g/mol. The highest BCUT2D eigenvalue weighted by molar-refractivity contribution is 5.51. The van der Waals surface area contributed by atoms with Crippen LogP contribution < -0.4 is 5.73 Å². The van der Waals surface area contributed by atoms with Gasteiger partial charge < -0.3 is 5.73 Å². The topological polar surface area (TPSA) is 26.0 Å². The van der Waals surface area contributed by atoms with Crippen LogP contribution in [0.4, 0.5) is 0 Å². The fourth-order valence-corrected chi connectivity index (χ4v) is 5.05. The zero-order valence-electron chi connectivity index (χ0n) is 20.5. The molecule has 0 aromatic heterocycles. The lowest BCUT2D eigenvalue weighted by molar-refractivity contribution is 0.484. The lowest BCUT2D eigenvalue weighted by Crippen LogP contribution is -2.20. The van der Waals surface area contributed by atoms with Gasteiger partial charge in [0, 0.05) is 17.9 Å². The lowest BCUT2D eigenvalue weighted by Gasteiger charge is -2.32. The zero-order valence-corrected chi connectivity index (χ0v) is 20.5. The Kier molecular flexibility index (Phi) is 9.36. The molecular formula is C31H43N. The summed E-state index contributed by atoms with van der Waals surface area (Å²) in [6, 6.07) is 0.325. The average Bonchev–Trinajstić information content (AvgIpc) is 2.80. The Balaban J connectivity index is 1.57. The molecule has 32 heavy (non-hydrogen) atoms. The van der Waals surface area contributed by atoms with E-state index in [-0.39, 0.29) is 0 Å². The molecule has 0 fully saturated rings. The minimum absolute atomic E-state index is 0.325. The Hall–Kier alpha value is -2.12. The largest absolute Gasteiger partial charge is 0.328 e. The van der Waals surface area contributed by atoms with Gasteiger partial charge in [-0.2, -0.15) is 0 Å². The molecule has 0 amide bonds. The molecule has 3 aliphatic rings. The van der Waals surface area contributed by atoms with Crippen LogP contribution in [0, 0.1) is 17.8 Å². The summed E-state index contributed by atoms with van der Waals surface area (Å²) in [5, 5.41) is 0. The molecular weight excluding hydrogens is 386 g/mol. The molecule has 0 aliphatic heterocycles. The van der Waals surface area contributed by atoms with Crippen molar-refractivity contribution in [1.82, 2.24) is 0 Å². The van der Waals surface area contributed by atoms with E-state index in [2.05, 4.69) is 88.1 Å². The van der Waals surface area contributed by atoms with Crippen molar-refractivity contribution in [3.8, 4) is 0 Å². The molecule has 0 aromatic rings. The first kappa shape index (κ1) is 24.5. The van der Waals surface area contributed by atoms with E-state index in [0.717, 1.165) is 25.7 Å². The summed E-state index contributed by atoms with van der Waals surface area (Å²) in [6.45, 7) is 11.1. The van der Waals surface area contributed by atoms with E-state index < -0.39 is 0 Å². The minimum Gasteiger partial charge on any atom is -0.328 e. The van der Waals surface area contributed by atoms with Crippen molar-refractivity contribution < 1.29 is 0 Å². The van der Waals surface area contributed by atoms with Gasteiger partial charge in [-0.3, -0.25) is 0 Å². The highest BCUT2D eigenvalue weighted by atomic mass is 14.6. The fraction of sp³-hybridized carbons (Fsp3) is 0.484. The lowest BCUT2D eigenvalue weighted by atomic mass is 9.72. The van der Waals surface area contributed by atoms with Gasteiger partial charge in [0.1, 0.15) is 0 Å². The Labute approximate surface area is 196 Å². The van der Waals surface area contributed by atoms with Crippen LogP contribution in [0.1, 0.15) is 72.1 Å². The van der Waals surface area contributed by atoms with Crippen molar-refractivity contribution in [3.63, 3.8) is 0 Å².